The van der Waals surface area contributed by atoms with Crippen molar-refractivity contribution in [1.29, 1.82) is 0 Å². The molecule has 5 atom stereocenters. The quantitative estimate of drug-likeness (QED) is 0.402. The van der Waals surface area contributed by atoms with E-state index in [4.69, 9.17) is 14.4 Å². The van der Waals surface area contributed by atoms with Gasteiger partial charge in [0, 0.05) is 0 Å². The Balaban J connectivity index is 2.62. The van der Waals surface area contributed by atoms with E-state index in [1.165, 1.54) is 0 Å². The van der Waals surface area contributed by atoms with Gasteiger partial charge >= 0.3 is 7.82 Å². The smallest absolute Gasteiger partial charge is 0.394 e. The molecule has 1 saturated heterocycles. The number of aliphatic hydroxyl groups excluding tert-OH is 2. The van der Waals surface area contributed by atoms with E-state index in [1.54, 1.807) is 14.8 Å². The molecule has 1 aliphatic heterocycles. The number of aliphatic hydroxyl groups is 2. The molecular formula is C8H18BO7P. The number of phosphoric ester groups is 1. The molecule has 1 fully saturated rings. The first-order valence-electron chi connectivity index (χ1n) is 5.51. The summed E-state index contributed by atoms with van der Waals surface area (Å²) in [6, 6.07) is -0.566. The minimum atomic E-state index is -4.22. The van der Waals surface area contributed by atoms with Gasteiger partial charge in [0.05, 0.1) is 19.2 Å². The van der Waals surface area contributed by atoms with Gasteiger partial charge in [-0.1, -0.05) is 6.92 Å². The van der Waals surface area contributed by atoms with Gasteiger partial charge in [-0.15, -0.1) is 0 Å². The van der Waals surface area contributed by atoms with E-state index in [1.807, 2.05) is 0 Å². The van der Waals surface area contributed by atoms with Crippen LogP contribution in [-0.4, -0.2) is 60.5 Å². The van der Waals surface area contributed by atoms with Crippen molar-refractivity contribution in [3.8, 4) is 0 Å². The van der Waals surface area contributed by atoms with Crippen molar-refractivity contribution in [3.63, 3.8) is 0 Å². The summed E-state index contributed by atoms with van der Waals surface area (Å²) in [5, 5.41) is 18.7. The molecule has 0 aromatic heterocycles. The van der Waals surface area contributed by atoms with Crippen molar-refractivity contribution in [2.24, 2.45) is 0 Å². The molecule has 1 rings (SSSR count). The summed E-state index contributed by atoms with van der Waals surface area (Å²) in [4.78, 5) is 9.39. The maximum Gasteiger partial charge on any atom is 0.472 e. The molecule has 3 N–H and O–H groups in total. The van der Waals surface area contributed by atoms with E-state index in [0.717, 1.165) is 0 Å². The van der Waals surface area contributed by atoms with E-state index >= 15 is 0 Å². The molecule has 17 heavy (non-hydrogen) atoms. The van der Waals surface area contributed by atoms with Crippen molar-refractivity contribution >= 4 is 15.7 Å². The Kier molecular flexibility index (Phi) is 5.59. The summed E-state index contributed by atoms with van der Waals surface area (Å²) < 4.78 is 26.2. The molecule has 0 bridgehead atoms. The van der Waals surface area contributed by atoms with E-state index in [2.05, 4.69) is 4.52 Å². The summed E-state index contributed by atoms with van der Waals surface area (Å²) in [6.07, 6.45) is -2.40. The van der Waals surface area contributed by atoms with Crippen molar-refractivity contribution in [3.05, 3.63) is 0 Å². The van der Waals surface area contributed by atoms with E-state index in [0.29, 0.717) is 6.42 Å². The Morgan fingerprint density at radius 1 is 1.53 bits per heavy atom. The molecule has 0 saturated carbocycles. The fourth-order valence-corrected chi connectivity index (χ4v) is 2.63. The number of ether oxygens (including phenoxy) is 1. The van der Waals surface area contributed by atoms with Crippen LogP contribution in [0, 0.1) is 0 Å². The largest absolute Gasteiger partial charge is 0.472 e. The van der Waals surface area contributed by atoms with Gasteiger partial charge < -0.3 is 19.8 Å². The second kappa shape index (κ2) is 6.29. The van der Waals surface area contributed by atoms with E-state index in [9.17, 15) is 14.6 Å². The van der Waals surface area contributed by atoms with E-state index < -0.39 is 38.7 Å². The van der Waals surface area contributed by atoms with Crippen LogP contribution in [0.3, 0.4) is 0 Å². The third kappa shape index (κ3) is 4.03. The topological polar surface area (TPSA) is 105 Å². The van der Waals surface area contributed by atoms with Crippen LogP contribution < -0.4 is 0 Å². The highest BCUT2D eigenvalue weighted by Gasteiger charge is 2.45. The van der Waals surface area contributed by atoms with Gasteiger partial charge in [0.1, 0.15) is 26.2 Å². The van der Waals surface area contributed by atoms with Gasteiger partial charge in [-0.3, -0.25) is 9.05 Å². The van der Waals surface area contributed by atoms with Crippen LogP contribution >= 0.6 is 7.82 Å². The molecule has 1 heterocycles. The molecule has 0 aromatic rings. The highest BCUT2D eigenvalue weighted by Crippen LogP contribution is 2.47. The second-order valence-corrected chi connectivity index (χ2v) is 5.33. The van der Waals surface area contributed by atoms with Gasteiger partial charge in [-0.05, 0) is 6.42 Å². The Labute approximate surface area is 101 Å². The third-order valence-electron chi connectivity index (χ3n) is 2.47. The van der Waals surface area contributed by atoms with Crippen LogP contribution in [0.15, 0.2) is 0 Å². The first kappa shape index (κ1) is 15.1. The van der Waals surface area contributed by atoms with Crippen molar-refractivity contribution in [1.82, 2.24) is 0 Å². The van der Waals surface area contributed by atoms with Gasteiger partial charge in [-0.2, -0.15) is 0 Å². The number of phosphoric acid groups is 1. The molecule has 0 radical (unpaired) electrons. The zero-order chi connectivity index (χ0) is 13.1. The maximum atomic E-state index is 11.5. The third-order valence-corrected chi connectivity index (χ3v) is 3.49. The molecule has 0 aromatic carbocycles. The molecule has 0 amide bonds. The molecule has 0 aliphatic carbocycles. The van der Waals surface area contributed by atoms with Crippen molar-refractivity contribution in [2.75, 3.05) is 13.2 Å². The highest BCUT2D eigenvalue weighted by molar-refractivity contribution is 7.47. The summed E-state index contributed by atoms with van der Waals surface area (Å²) in [5.74, 6) is 0. The molecule has 100 valence electrons. The molecule has 0 spiro atoms. The molecule has 3 unspecified atom stereocenters. The minimum Gasteiger partial charge on any atom is -0.394 e. The van der Waals surface area contributed by atoms with Crippen LogP contribution in [0.25, 0.3) is 0 Å². The van der Waals surface area contributed by atoms with Gasteiger partial charge in [0.2, 0.25) is 0 Å². The summed E-state index contributed by atoms with van der Waals surface area (Å²) in [7, 11) is -2.63. The first-order chi connectivity index (χ1) is 7.91. The number of rotatable bonds is 6. The van der Waals surface area contributed by atoms with Crippen molar-refractivity contribution in [2.45, 2.75) is 37.7 Å². The van der Waals surface area contributed by atoms with E-state index in [-0.39, 0.29) is 6.61 Å². The summed E-state index contributed by atoms with van der Waals surface area (Å²) >= 11 is 0. The fourth-order valence-electron chi connectivity index (χ4n) is 1.59. The predicted molar refractivity (Wildman–Crippen MR) is 61.2 cm³/mol. The monoisotopic (exact) mass is 268 g/mol. The van der Waals surface area contributed by atoms with Crippen LogP contribution in [0.1, 0.15) is 13.3 Å². The van der Waals surface area contributed by atoms with Crippen LogP contribution in [0.4, 0.5) is 0 Å². The van der Waals surface area contributed by atoms with Gasteiger partial charge in [0.25, 0.3) is 0 Å². The van der Waals surface area contributed by atoms with Crippen molar-refractivity contribution < 1.29 is 33.5 Å². The molecule has 1 aliphatic rings. The molecule has 9 heteroatoms. The van der Waals surface area contributed by atoms with Crippen LogP contribution in [0.5, 0.6) is 0 Å². The van der Waals surface area contributed by atoms with Crippen LogP contribution in [0.2, 0.25) is 0 Å². The first-order valence-corrected chi connectivity index (χ1v) is 7.01. The average molecular weight is 268 g/mol. The SMILES string of the molecule is B[C@@H]1O[C@H](CO)C(OP(=O)(O)OCCC)C1O. The summed E-state index contributed by atoms with van der Waals surface area (Å²) in [5.41, 5.74) is 0. The minimum absolute atomic E-state index is 0.0802. The standard InChI is InChI=1S/C8H18BO7P/c1-2-3-14-17(12,13)16-7-5(4-10)15-8(9)6(7)11/h5-8,10-11H,2-4,9H2,1H3,(H,12,13)/t5-,6?,7?,8-/m1/s1. The number of hydrogen-bond donors (Lipinski definition) is 3. The Bertz CT molecular complexity index is 289. The average Bonchev–Trinajstić information content (AvgIpc) is 2.54. The zero-order valence-corrected chi connectivity index (χ0v) is 10.7. The fraction of sp³-hybridized carbons (Fsp3) is 1.00. The van der Waals surface area contributed by atoms with Crippen LogP contribution in [-0.2, 0) is 18.3 Å². The normalized spacial score (nSPS) is 36.9. The summed E-state index contributed by atoms with van der Waals surface area (Å²) in [6.45, 7) is 1.46. The number of hydrogen-bond acceptors (Lipinski definition) is 6. The molecular weight excluding hydrogens is 250 g/mol. The lowest BCUT2D eigenvalue weighted by Crippen LogP contribution is -2.36. The zero-order valence-electron chi connectivity index (χ0n) is 9.85. The maximum absolute atomic E-state index is 11.5. The lowest BCUT2D eigenvalue weighted by Gasteiger charge is -2.22. The van der Waals surface area contributed by atoms with Gasteiger partial charge in [-0.25, -0.2) is 4.57 Å². The lowest BCUT2D eigenvalue weighted by atomic mass is 9.93. The van der Waals surface area contributed by atoms with Gasteiger partial charge in [0.15, 0.2) is 0 Å². The Morgan fingerprint density at radius 2 is 2.18 bits per heavy atom. The molecule has 7 nitrogen and oxygen atoms in total. The Morgan fingerprint density at radius 3 is 2.71 bits per heavy atom. The predicted octanol–water partition coefficient (Wildman–Crippen LogP) is -1.39. The lowest BCUT2D eigenvalue weighted by molar-refractivity contribution is -0.0131. The highest BCUT2D eigenvalue weighted by atomic mass is 31.2. The second-order valence-electron chi connectivity index (χ2n) is 3.92. The Hall–Kier alpha value is 0.0549.